The van der Waals surface area contributed by atoms with Crippen molar-refractivity contribution >= 4 is 27.7 Å². The lowest BCUT2D eigenvalue weighted by atomic mass is 10.1. The van der Waals surface area contributed by atoms with E-state index >= 15 is 0 Å². The highest BCUT2D eigenvalue weighted by Gasteiger charge is 2.27. The van der Waals surface area contributed by atoms with Gasteiger partial charge >= 0.3 is 0 Å². The van der Waals surface area contributed by atoms with Crippen molar-refractivity contribution in [3.05, 3.63) is 65.5 Å². The molecule has 1 amide bonds. The summed E-state index contributed by atoms with van der Waals surface area (Å²) < 4.78 is 41.3. The summed E-state index contributed by atoms with van der Waals surface area (Å²) in [6.45, 7) is 5.60. The van der Waals surface area contributed by atoms with E-state index in [-0.39, 0.29) is 29.2 Å². The summed E-state index contributed by atoms with van der Waals surface area (Å²) in [5.74, 6) is -0.627. The molecule has 0 radical (unpaired) electrons. The van der Waals surface area contributed by atoms with Crippen molar-refractivity contribution in [3.8, 4) is 0 Å². The Bertz CT molecular complexity index is 1040. The minimum atomic E-state index is -3.49. The molecule has 1 fully saturated rings. The van der Waals surface area contributed by atoms with E-state index in [1.807, 2.05) is 18.7 Å². The molecule has 0 bridgehead atoms. The highest BCUT2D eigenvalue weighted by Crippen LogP contribution is 2.22. The van der Waals surface area contributed by atoms with Crippen LogP contribution in [0.1, 0.15) is 37.8 Å². The molecule has 2 N–H and O–H groups in total. The van der Waals surface area contributed by atoms with Crippen molar-refractivity contribution in [2.24, 2.45) is 0 Å². The van der Waals surface area contributed by atoms with Gasteiger partial charge < -0.3 is 10.2 Å². The molecular weight excluding hydrogens is 417 g/mol. The smallest absolute Gasteiger partial charge is 0.244 e. The molecule has 0 heterocycles. The Morgan fingerprint density at radius 3 is 2.39 bits per heavy atom. The van der Waals surface area contributed by atoms with Crippen molar-refractivity contribution in [2.45, 2.75) is 44.2 Å². The first-order chi connectivity index (χ1) is 14.8. The fourth-order valence-electron chi connectivity index (χ4n) is 3.15. The summed E-state index contributed by atoms with van der Waals surface area (Å²) in [5.41, 5.74) is 1.93. The zero-order valence-electron chi connectivity index (χ0n) is 17.8. The van der Waals surface area contributed by atoms with Gasteiger partial charge in [0.15, 0.2) is 0 Å². The first-order valence-corrected chi connectivity index (χ1v) is 11.9. The van der Waals surface area contributed by atoms with E-state index in [1.54, 1.807) is 30.3 Å². The molecule has 1 saturated carbocycles. The molecule has 2 aromatic rings. The number of halogens is 1. The molecule has 3 rings (SSSR count). The van der Waals surface area contributed by atoms with Crippen molar-refractivity contribution in [3.63, 3.8) is 0 Å². The lowest BCUT2D eigenvalue weighted by molar-refractivity contribution is -0.116. The van der Waals surface area contributed by atoms with Gasteiger partial charge in [0.1, 0.15) is 5.82 Å². The standard InChI is InChI=1S/C23H28FN3O3S/c1-3-27(4-2)22-13-7-18(15-21(22)24)16-25-23(28)14-8-17-5-11-20(12-6-17)31(29,30)26-19-9-10-19/h5-8,11-15,19,26H,3-4,9-10,16H2,1-2H3,(H,25,28). The van der Waals surface area contributed by atoms with Gasteiger partial charge in [0.25, 0.3) is 0 Å². The van der Waals surface area contributed by atoms with Gasteiger partial charge in [-0.25, -0.2) is 17.5 Å². The van der Waals surface area contributed by atoms with E-state index in [4.69, 9.17) is 0 Å². The highest BCUT2D eigenvalue weighted by atomic mass is 32.2. The minimum absolute atomic E-state index is 0.0511. The van der Waals surface area contributed by atoms with Gasteiger partial charge in [-0.1, -0.05) is 18.2 Å². The second kappa shape index (κ2) is 10.1. The number of benzene rings is 2. The number of anilines is 1. The van der Waals surface area contributed by atoms with Crippen LogP contribution >= 0.6 is 0 Å². The molecule has 0 saturated heterocycles. The van der Waals surface area contributed by atoms with Gasteiger partial charge in [0, 0.05) is 31.8 Å². The van der Waals surface area contributed by atoms with Gasteiger partial charge in [-0.05, 0) is 68.2 Å². The molecule has 166 valence electrons. The maximum Gasteiger partial charge on any atom is 0.244 e. The lowest BCUT2D eigenvalue weighted by Crippen LogP contribution is -2.25. The quantitative estimate of drug-likeness (QED) is 0.549. The number of carbonyl (C=O) groups excluding carboxylic acids is 1. The average Bonchev–Trinajstić information content (AvgIpc) is 3.56. The summed E-state index contributed by atoms with van der Waals surface area (Å²) in [6.07, 6.45) is 4.72. The van der Waals surface area contributed by atoms with Crippen LogP contribution in [0, 0.1) is 5.82 Å². The number of amides is 1. The van der Waals surface area contributed by atoms with Crippen LogP contribution in [0.25, 0.3) is 6.08 Å². The van der Waals surface area contributed by atoms with E-state index < -0.39 is 10.0 Å². The molecule has 0 aromatic heterocycles. The fraction of sp³-hybridized carbons (Fsp3) is 0.348. The number of nitrogens with zero attached hydrogens (tertiary/aromatic N) is 1. The molecule has 1 aliphatic rings. The Balaban J connectivity index is 1.54. The molecule has 2 aromatic carbocycles. The normalized spacial score (nSPS) is 14.0. The predicted octanol–water partition coefficient (Wildman–Crippen LogP) is 3.44. The molecule has 0 aliphatic heterocycles. The molecule has 1 aliphatic carbocycles. The van der Waals surface area contributed by atoms with Gasteiger partial charge in [-0.15, -0.1) is 0 Å². The Morgan fingerprint density at radius 2 is 1.81 bits per heavy atom. The zero-order chi connectivity index (χ0) is 22.4. The van der Waals surface area contributed by atoms with E-state index in [9.17, 15) is 17.6 Å². The topological polar surface area (TPSA) is 78.5 Å². The molecule has 0 spiro atoms. The molecule has 31 heavy (non-hydrogen) atoms. The third-order valence-electron chi connectivity index (χ3n) is 5.10. The summed E-state index contributed by atoms with van der Waals surface area (Å²) >= 11 is 0. The zero-order valence-corrected chi connectivity index (χ0v) is 18.6. The summed E-state index contributed by atoms with van der Waals surface area (Å²) in [5, 5.41) is 2.73. The van der Waals surface area contributed by atoms with Crippen molar-refractivity contribution in [1.82, 2.24) is 10.0 Å². The Hall–Kier alpha value is -2.71. The second-order valence-electron chi connectivity index (χ2n) is 7.47. The Morgan fingerprint density at radius 1 is 1.13 bits per heavy atom. The van der Waals surface area contributed by atoms with Crippen molar-refractivity contribution in [2.75, 3.05) is 18.0 Å². The first kappa shape index (κ1) is 23.0. The van der Waals surface area contributed by atoms with Crippen LogP contribution in [0.4, 0.5) is 10.1 Å². The number of carbonyl (C=O) groups is 1. The second-order valence-corrected chi connectivity index (χ2v) is 9.19. The fourth-order valence-corrected chi connectivity index (χ4v) is 4.45. The lowest BCUT2D eigenvalue weighted by Gasteiger charge is -2.21. The number of hydrogen-bond acceptors (Lipinski definition) is 4. The van der Waals surface area contributed by atoms with E-state index in [2.05, 4.69) is 10.0 Å². The molecule has 8 heteroatoms. The summed E-state index contributed by atoms with van der Waals surface area (Å²) in [7, 11) is -3.49. The Kier molecular flexibility index (Phi) is 7.46. The average molecular weight is 446 g/mol. The van der Waals surface area contributed by atoms with Crippen LogP contribution in [0.5, 0.6) is 0 Å². The maximum atomic E-state index is 14.3. The third-order valence-corrected chi connectivity index (χ3v) is 6.64. The largest absolute Gasteiger partial charge is 0.370 e. The van der Waals surface area contributed by atoms with Crippen LogP contribution in [-0.4, -0.2) is 33.5 Å². The van der Waals surface area contributed by atoms with E-state index in [0.717, 1.165) is 25.9 Å². The molecular formula is C23H28FN3O3S. The summed E-state index contributed by atoms with van der Waals surface area (Å²) in [4.78, 5) is 14.2. The van der Waals surface area contributed by atoms with Crippen LogP contribution in [0.3, 0.4) is 0 Å². The third kappa shape index (κ3) is 6.38. The van der Waals surface area contributed by atoms with Gasteiger partial charge in [-0.3, -0.25) is 4.79 Å². The van der Waals surface area contributed by atoms with E-state index in [0.29, 0.717) is 16.8 Å². The van der Waals surface area contributed by atoms with Crippen LogP contribution in [0.15, 0.2) is 53.4 Å². The molecule has 6 nitrogen and oxygen atoms in total. The maximum absolute atomic E-state index is 14.3. The van der Waals surface area contributed by atoms with Gasteiger partial charge in [-0.2, -0.15) is 0 Å². The Labute approximate surface area is 183 Å². The highest BCUT2D eigenvalue weighted by molar-refractivity contribution is 7.89. The number of nitrogens with one attached hydrogen (secondary N) is 2. The summed E-state index contributed by atoms with van der Waals surface area (Å²) in [6, 6.07) is 11.3. The first-order valence-electron chi connectivity index (χ1n) is 10.4. The monoisotopic (exact) mass is 445 g/mol. The molecule has 0 atom stereocenters. The SMILES string of the molecule is CCN(CC)c1ccc(CNC(=O)C=Cc2ccc(S(=O)(=O)NC3CC3)cc2)cc1F. The van der Waals surface area contributed by atoms with Gasteiger partial charge in [0.05, 0.1) is 10.6 Å². The van der Waals surface area contributed by atoms with Crippen molar-refractivity contribution in [1.29, 1.82) is 0 Å². The molecule has 0 unspecified atom stereocenters. The van der Waals surface area contributed by atoms with E-state index in [1.165, 1.54) is 24.3 Å². The van der Waals surface area contributed by atoms with Crippen molar-refractivity contribution < 1.29 is 17.6 Å². The van der Waals surface area contributed by atoms with Gasteiger partial charge in [0.2, 0.25) is 15.9 Å². The number of rotatable bonds is 10. The van der Waals surface area contributed by atoms with Crippen LogP contribution in [0.2, 0.25) is 0 Å². The predicted molar refractivity (Wildman–Crippen MR) is 121 cm³/mol. The number of hydrogen-bond donors (Lipinski definition) is 2. The van der Waals surface area contributed by atoms with Crippen LogP contribution in [-0.2, 0) is 21.4 Å². The number of sulfonamides is 1. The minimum Gasteiger partial charge on any atom is -0.370 e. The van der Waals surface area contributed by atoms with Crippen LogP contribution < -0.4 is 14.9 Å².